The van der Waals surface area contributed by atoms with E-state index in [1.807, 2.05) is 49.2 Å². The van der Waals surface area contributed by atoms with Crippen molar-refractivity contribution in [2.24, 2.45) is 0 Å². The molecule has 10 heteroatoms. The van der Waals surface area contributed by atoms with Crippen molar-refractivity contribution in [3.05, 3.63) is 60.9 Å². The maximum absolute atomic E-state index is 5.63. The normalized spacial score (nSPS) is 13.1. The van der Waals surface area contributed by atoms with Crippen molar-refractivity contribution in [1.29, 1.82) is 0 Å². The third-order valence-corrected chi connectivity index (χ3v) is 9.26. The van der Waals surface area contributed by atoms with E-state index in [1.165, 1.54) is 0 Å². The van der Waals surface area contributed by atoms with E-state index in [0.29, 0.717) is 0 Å². The highest BCUT2D eigenvalue weighted by Crippen LogP contribution is 2.42. The van der Waals surface area contributed by atoms with E-state index in [1.54, 1.807) is 52.0 Å². The number of aromatic nitrogens is 2. The average Bonchev–Trinajstić information content (AvgIpc) is 3.33. The van der Waals surface area contributed by atoms with Crippen LogP contribution in [0.2, 0.25) is 0 Å². The molecule has 0 aliphatic carbocycles. The van der Waals surface area contributed by atoms with Gasteiger partial charge >= 0.3 is 0 Å². The Balaban J connectivity index is 0.00000442. The van der Waals surface area contributed by atoms with Gasteiger partial charge in [-0.15, -0.1) is 23.5 Å². The summed E-state index contributed by atoms with van der Waals surface area (Å²) in [7, 11) is 6.74. The molecule has 0 amide bonds. The third kappa shape index (κ3) is 6.97. The summed E-state index contributed by atoms with van der Waals surface area (Å²) in [6, 6.07) is 16.6. The van der Waals surface area contributed by atoms with E-state index < -0.39 is 0 Å². The molecule has 1 saturated heterocycles. The van der Waals surface area contributed by atoms with Crippen LogP contribution in [0, 0.1) is 0 Å². The SMILES string of the molecule is C.COc1cc(-c2ccc(N3CCCN(c4ccc(-c5cc(OC)c(SC)c(OC)c5)cn4)CC3)nc2)cc(OC)c1SC. The van der Waals surface area contributed by atoms with E-state index in [2.05, 4.69) is 34.1 Å². The first kappa shape index (κ1) is 33.1. The second-order valence-electron chi connectivity index (χ2n) is 9.97. The van der Waals surface area contributed by atoms with Crippen molar-refractivity contribution < 1.29 is 18.9 Å². The second kappa shape index (κ2) is 15.3. The van der Waals surface area contributed by atoms with Crippen molar-refractivity contribution in [3.8, 4) is 45.3 Å². The Morgan fingerprint density at radius 1 is 0.545 bits per heavy atom. The standard InChI is InChI=1S/C33H38N4O4S2.CH4/c1-38-26-16-24(17-27(39-2)32(26)42-5)22-8-10-30(34-20-22)36-12-7-13-37(15-14-36)31-11-9-23(21-35-31)25-18-28(40-3)33(43-6)29(19-25)41-4;/h8-11,16-21H,7,12-15H2,1-6H3;1H4. The lowest BCUT2D eigenvalue weighted by atomic mass is 10.1. The fraction of sp³-hybridized carbons (Fsp3) is 0.353. The van der Waals surface area contributed by atoms with Crippen LogP contribution in [0.1, 0.15) is 13.8 Å². The molecule has 0 unspecified atom stereocenters. The Morgan fingerprint density at radius 3 is 1.18 bits per heavy atom. The number of rotatable bonds is 10. The van der Waals surface area contributed by atoms with Crippen LogP contribution in [0.5, 0.6) is 23.0 Å². The largest absolute Gasteiger partial charge is 0.495 e. The Morgan fingerprint density at radius 2 is 0.909 bits per heavy atom. The highest BCUT2D eigenvalue weighted by Gasteiger charge is 2.19. The van der Waals surface area contributed by atoms with Gasteiger partial charge in [-0.05, 0) is 78.6 Å². The van der Waals surface area contributed by atoms with Gasteiger partial charge in [0.25, 0.3) is 0 Å². The molecule has 1 fully saturated rings. The number of ether oxygens (including phenoxy) is 4. The number of hydrogen-bond donors (Lipinski definition) is 0. The number of pyridine rings is 2. The molecule has 0 atom stereocenters. The zero-order chi connectivity index (χ0) is 30.3. The number of hydrogen-bond acceptors (Lipinski definition) is 10. The summed E-state index contributed by atoms with van der Waals surface area (Å²) in [5.74, 6) is 5.15. The van der Waals surface area contributed by atoms with Gasteiger partial charge in [0, 0.05) is 49.7 Å². The minimum absolute atomic E-state index is 0. The lowest BCUT2D eigenvalue weighted by Gasteiger charge is -2.24. The van der Waals surface area contributed by atoms with Crippen LogP contribution in [0.3, 0.4) is 0 Å². The molecule has 0 bridgehead atoms. The fourth-order valence-electron chi connectivity index (χ4n) is 5.36. The third-order valence-electron chi connectivity index (χ3n) is 7.64. The van der Waals surface area contributed by atoms with Crippen molar-refractivity contribution in [3.63, 3.8) is 0 Å². The molecular formula is C34H42N4O4S2. The Hall–Kier alpha value is -3.76. The number of anilines is 2. The zero-order valence-corrected chi connectivity index (χ0v) is 27.2. The van der Waals surface area contributed by atoms with Gasteiger partial charge in [0.1, 0.15) is 34.6 Å². The van der Waals surface area contributed by atoms with Crippen molar-refractivity contribution in [2.45, 2.75) is 23.6 Å². The molecular weight excluding hydrogens is 593 g/mol. The highest BCUT2D eigenvalue weighted by atomic mass is 32.2. The van der Waals surface area contributed by atoms with E-state index in [4.69, 9.17) is 28.9 Å². The second-order valence-corrected chi connectivity index (χ2v) is 11.6. The van der Waals surface area contributed by atoms with Crippen LogP contribution in [0.15, 0.2) is 70.7 Å². The van der Waals surface area contributed by atoms with E-state index in [-0.39, 0.29) is 7.43 Å². The van der Waals surface area contributed by atoms with Crippen molar-refractivity contribution in [2.75, 3.05) is 76.9 Å². The first-order chi connectivity index (χ1) is 21.0. The minimum Gasteiger partial charge on any atom is -0.495 e. The number of benzene rings is 2. The Bertz CT molecular complexity index is 1370. The molecule has 0 N–H and O–H groups in total. The first-order valence-electron chi connectivity index (χ1n) is 14.1. The summed E-state index contributed by atoms with van der Waals surface area (Å²) < 4.78 is 22.5. The smallest absolute Gasteiger partial charge is 0.136 e. The lowest BCUT2D eigenvalue weighted by Crippen LogP contribution is -2.31. The summed E-state index contributed by atoms with van der Waals surface area (Å²) in [5.41, 5.74) is 4.07. The molecule has 234 valence electrons. The van der Waals surface area contributed by atoms with E-state index in [9.17, 15) is 0 Å². The number of nitrogens with zero attached hydrogens (tertiary/aromatic N) is 4. The minimum atomic E-state index is 0. The molecule has 8 nitrogen and oxygen atoms in total. The Kier molecular flexibility index (Phi) is 11.5. The predicted octanol–water partition coefficient (Wildman–Crippen LogP) is 7.64. The maximum Gasteiger partial charge on any atom is 0.136 e. The quantitative estimate of drug-likeness (QED) is 0.163. The first-order valence-corrected chi connectivity index (χ1v) is 16.5. The average molecular weight is 635 g/mol. The monoisotopic (exact) mass is 634 g/mol. The summed E-state index contributed by atoms with van der Waals surface area (Å²) in [4.78, 5) is 16.4. The van der Waals surface area contributed by atoms with Crippen molar-refractivity contribution in [1.82, 2.24) is 9.97 Å². The highest BCUT2D eigenvalue weighted by molar-refractivity contribution is 7.99. The Labute approximate surface area is 270 Å². The maximum atomic E-state index is 5.63. The molecule has 44 heavy (non-hydrogen) atoms. The van der Waals surface area contributed by atoms with Crippen LogP contribution >= 0.6 is 23.5 Å². The molecule has 3 heterocycles. The van der Waals surface area contributed by atoms with Gasteiger partial charge in [-0.2, -0.15) is 0 Å². The summed E-state index contributed by atoms with van der Waals surface area (Å²) >= 11 is 3.22. The van der Waals surface area contributed by atoms with Crippen LogP contribution in [-0.4, -0.2) is 77.1 Å². The van der Waals surface area contributed by atoms with Gasteiger partial charge in [-0.25, -0.2) is 9.97 Å². The van der Waals surface area contributed by atoms with Gasteiger partial charge in [-0.3, -0.25) is 0 Å². The zero-order valence-electron chi connectivity index (χ0n) is 25.5. The van der Waals surface area contributed by atoms with Gasteiger partial charge in [0.2, 0.25) is 0 Å². The molecule has 1 aliphatic heterocycles. The molecule has 2 aromatic carbocycles. The van der Waals surface area contributed by atoms with Crippen LogP contribution < -0.4 is 28.7 Å². The molecule has 0 radical (unpaired) electrons. The number of methoxy groups -OCH3 is 4. The fourth-order valence-corrected chi connectivity index (χ4v) is 6.73. The van der Waals surface area contributed by atoms with Crippen LogP contribution in [-0.2, 0) is 0 Å². The summed E-state index contributed by atoms with van der Waals surface area (Å²) in [5, 5.41) is 0. The van der Waals surface area contributed by atoms with Gasteiger partial charge in [0.15, 0.2) is 0 Å². The van der Waals surface area contributed by atoms with Gasteiger partial charge in [0.05, 0.1) is 38.2 Å². The summed E-state index contributed by atoms with van der Waals surface area (Å²) in [6.07, 6.45) is 8.92. The molecule has 5 rings (SSSR count). The summed E-state index contributed by atoms with van der Waals surface area (Å²) in [6.45, 7) is 3.60. The lowest BCUT2D eigenvalue weighted by molar-refractivity contribution is 0.376. The molecule has 2 aromatic heterocycles. The number of thioether (sulfide) groups is 2. The van der Waals surface area contributed by atoms with E-state index in [0.717, 1.165) is 99.3 Å². The van der Waals surface area contributed by atoms with Gasteiger partial charge < -0.3 is 28.7 Å². The molecule has 0 spiro atoms. The van der Waals surface area contributed by atoms with E-state index >= 15 is 0 Å². The molecule has 1 aliphatic rings. The predicted molar refractivity (Wildman–Crippen MR) is 185 cm³/mol. The van der Waals surface area contributed by atoms with Crippen LogP contribution in [0.4, 0.5) is 11.6 Å². The van der Waals surface area contributed by atoms with Crippen LogP contribution in [0.25, 0.3) is 22.3 Å². The van der Waals surface area contributed by atoms with Crippen molar-refractivity contribution >= 4 is 35.2 Å². The molecule has 4 aromatic rings. The van der Waals surface area contributed by atoms with Gasteiger partial charge in [-0.1, -0.05) is 7.43 Å². The molecule has 0 saturated carbocycles. The topological polar surface area (TPSA) is 69.2 Å².